The zero-order valence-corrected chi connectivity index (χ0v) is 18.5. The summed E-state index contributed by atoms with van der Waals surface area (Å²) in [6, 6.07) is 10.1. The van der Waals surface area contributed by atoms with Crippen LogP contribution in [0, 0.1) is 0 Å². The van der Waals surface area contributed by atoms with Crippen molar-refractivity contribution in [1.29, 1.82) is 0 Å². The molecule has 10 nitrogen and oxygen atoms in total. The molecule has 0 saturated carbocycles. The van der Waals surface area contributed by atoms with Gasteiger partial charge in [-0.25, -0.2) is 9.59 Å². The summed E-state index contributed by atoms with van der Waals surface area (Å²) in [4.78, 5) is 27.5. The van der Waals surface area contributed by atoms with Gasteiger partial charge in [-0.15, -0.1) is 0 Å². The van der Waals surface area contributed by atoms with Gasteiger partial charge < -0.3 is 24.4 Å². The van der Waals surface area contributed by atoms with Crippen molar-refractivity contribution in [3.8, 4) is 17.2 Å². The van der Waals surface area contributed by atoms with Crippen LogP contribution in [0.15, 0.2) is 36.5 Å². The molecule has 1 fully saturated rings. The Morgan fingerprint density at radius 1 is 0.875 bits per heavy atom. The monoisotopic (exact) mass is 447 g/mol. The summed E-state index contributed by atoms with van der Waals surface area (Å²) in [5.74, 6) is -1.60. The number of methoxy groups -OCH3 is 3. The molecule has 1 aliphatic rings. The SMILES string of the molecule is COc1cc(CN2CCN(Cc3ccccn3)CC2)cc(OC)c1OC.O=C(O)C(=O)O. The first-order chi connectivity index (χ1) is 15.4. The molecule has 2 aromatic rings. The molecule has 3 rings (SSSR count). The van der Waals surface area contributed by atoms with Crippen molar-refractivity contribution < 1.29 is 34.0 Å². The second kappa shape index (κ2) is 12.5. The third kappa shape index (κ3) is 7.40. The summed E-state index contributed by atoms with van der Waals surface area (Å²) in [5.41, 5.74) is 2.29. The minimum atomic E-state index is -1.82. The number of nitrogens with zero attached hydrogens (tertiary/aromatic N) is 3. The quantitative estimate of drug-likeness (QED) is 0.605. The van der Waals surface area contributed by atoms with Crippen LogP contribution in [0.3, 0.4) is 0 Å². The number of hydrogen-bond acceptors (Lipinski definition) is 8. The van der Waals surface area contributed by atoms with Crippen molar-refractivity contribution in [3.63, 3.8) is 0 Å². The first kappa shape index (κ1) is 24.9. The number of aromatic nitrogens is 1. The van der Waals surface area contributed by atoms with Gasteiger partial charge in [0, 0.05) is 45.5 Å². The van der Waals surface area contributed by atoms with Gasteiger partial charge in [-0.3, -0.25) is 14.8 Å². The van der Waals surface area contributed by atoms with Crippen LogP contribution in [-0.4, -0.2) is 84.4 Å². The molecule has 0 spiro atoms. The summed E-state index contributed by atoms with van der Waals surface area (Å²) in [6.45, 7) is 5.93. The van der Waals surface area contributed by atoms with Gasteiger partial charge in [-0.05, 0) is 29.8 Å². The Kier molecular flexibility index (Phi) is 9.71. The lowest BCUT2D eigenvalue weighted by molar-refractivity contribution is -0.159. The van der Waals surface area contributed by atoms with E-state index in [2.05, 4.69) is 20.9 Å². The number of carboxylic acids is 2. The lowest BCUT2D eigenvalue weighted by Crippen LogP contribution is -2.45. The minimum absolute atomic E-state index is 0.638. The second-order valence-corrected chi connectivity index (χ2v) is 7.02. The molecule has 0 aliphatic carbocycles. The molecule has 0 radical (unpaired) electrons. The predicted molar refractivity (Wildman–Crippen MR) is 116 cm³/mol. The third-order valence-electron chi connectivity index (χ3n) is 4.89. The zero-order chi connectivity index (χ0) is 23.5. The fourth-order valence-electron chi connectivity index (χ4n) is 3.31. The molecular weight excluding hydrogens is 418 g/mol. The molecule has 0 unspecified atom stereocenters. The lowest BCUT2D eigenvalue weighted by Gasteiger charge is -2.34. The number of carboxylic acid groups (broad SMARTS) is 2. The van der Waals surface area contributed by atoms with Crippen molar-refractivity contribution in [3.05, 3.63) is 47.8 Å². The minimum Gasteiger partial charge on any atom is -0.493 e. The van der Waals surface area contributed by atoms with Crippen LogP contribution < -0.4 is 14.2 Å². The van der Waals surface area contributed by atoms with Crippen molar-refractivity contribution in [2.45, 2.75) is 13.1 Å². The molecule has 32 heavy (non-hydrogen) atoms. The van der Waals surface area contributed by atoms with Gasteiger partial charge in [0.15, 0.2) is 11.5 Å². The topological polar surface area (TPSA) is 122 Å². The molecule has 0 amide bonds. The van der Waals surface area contributed by atoms with Gasteiger partial charge >= 0.3 is 11.9 Å². The first-order valence-corrected chi connectivity index (χ1v) is 9.97. The van der Waals surface area contributed by atoms with Crippen molar-refractivity contribution in [1.82, 2.24) is 14.8 Å². The van der Waals surface area contributed by atoms with Crippen molar-refractivity contribution >= 4 is 11.9 Å². The Balaban J connectivity index is 0.000000534. The number of ether oxygens (including phenoxy) is 3. The van der Waals surface area contributed by atoms with E-state index in [-0.39, 0.29) is 0 Å². The molecule has 174 valence electrons. The normalized spacial score (nSPS) is 14.1. The number of hydrogen-bond donors (Lipinski definition) is 2. The van der Waals surface area contributed by atoms with E-state index in [0.717, 1.165) is 50.5 Å². The van der Waals surface area contributed by atoms with E-state index in [9.17, 15) is 0 Å². The molecular formula is C22H29N3O7. The summed E-state index contributed by atoms with van der Waals surface area (Å²) in [6.07, 6.45) is 1.86. The van der Waals surface area contributed by atoms with Crippen LogP contribution >= 0.6 is 0 Å². The molecule has 2 N–H and O–H groups in total. The maximum Gasteiger partial charge on any atom is 0.414 e. The molecule has 1 saturated heterocycles. The van der Waals surface area contributed by atoms with Crippen LogP contribution in [0.5, 0.6) is 17.2 Å². The van der Waals surface area contributed by atoms with E-state index >= 15 is 0 Å². The largest absolute Gasteiger partial charge is 0.493 e. The Morgan fingerprint density at radius 2 is 1.41 bits per heavy atom. The molecule has 10 heteroatoms. The van der Waals surface area contributed by atoms with E-state index in [0.29, 0.717) is 17.2 Å². The van der Waals surface area contributed by atoms with Crippen LogP contribution in [0.2, 0.25) is 0 Å². The number of rotatable bonds is 7. The van der Waals surface area contributed by atoms with Crippen molar-refractivity contribution in [2.24, 2.45) is 0 Å². The molecule has 1 aromatic carbocycles. The first-order valence-electron chi connectivity index (χ1n) is 9.97. The maximum absolute atomic E-state index is 9.10. The van der Waals surface area contributed by atoms with Gasteiger partial charge in [0.05, 0.1) is 27.0 Å². The highest BCUT2D eigenvalue weighted by atomic mass is 16.5. The average molecular weight is 447 g/mol. The lowest BCUT2D eigenvalue weighted by atomic mass is 10.1. The molecule has 0 bridgehead atoms. The average Bonchev–Trinajstić information content (AvgIpc) is 2.80. The standard InChI is InChI=1S/C20H27N3O3.C2H2O4/c1-24-18-12-16(13-19(25-2)20(18)26-3)14-22-8-10-23(11-9-22)15-17-6-4-5-7-21-17;3-1(4)2(5)6/h4-7,12-13H,8-11,14-15H2,1-3H3;(H,3,4)(H,5,6). The van der Waals surface area contributed by atoms with Gasteiger partial charge in [0.1, 0.15) is 0 Å². The van der Waals surface area contributed by atoms with Crippen molar-refractivity contribution in [2.75, 3.05) is 47.5 Å². The number of benzene rings is 1. The van der Waals surface area contributed by atoms with Gasteiger partial charge in [-0.2, -0.15) is 0 Å². The third-order valence-corrected chi connectivity index (χ3v) is 4.89. The number of piperazine rings is 1. The number of pyridine rings is 1. The van der Waals surface area contributed by atoms with E-state index in [1.807, 2.05) is 30.5 Å². The highest BCUT2D eigenvalue weighted by Crippen LogP contribution is 2.38. The summed E-state index contributed by atoms with van der Waals surface area (Å²) in [7, 11) is 4.93. The Bertz CT molecular complexity index is 847. The zero-order valence-electron chi connectivity index (χ0n) is 18.5. The molecule has 1 aliphatic heterocycles. The fraction of sp³-hybridized carbons (Fsp3) is 0.409. The van der Waals surface area contributed by atoms with Crippen LogP contribution in [0.25, 0.3) is 0 Å². The highest BCUT2D eigenvalue weighted by molar-refractivity contribution is 6.27. The molecule has 2 heterocycles. The van der Waals surface area contributed by atoms with Crippen LogP contribution in [0.1, 0.15) is 11.3 Å². The molecule has 1 aromatic heterocycles. The smallest absolute Gasteiger partial charge is 0.414 e. The van der Waals surface area contributed by atoms with E-state index < -0.39 is 11.9 Å². The molecule has 0 atom stereocenters. The van der Waals surface area contributed by atoms with E-state index in [1.165, 1.54) is 0 Å². The number of carbonyl (C=O) groups is 2. The summed E-state index contributed by atoms with van der Waals surface area (Å²) < 4.78 is 16.3. The maximum atomic E-state index is 9.10. The summed E-state index contributed by atoms with van der Waals surface area (Å²) >= 11 is 0. The van der Waals surface area contributed by atoms with Gasteiger partial charge in [0.2, 0.25) is 5.75 Å². The fourth-order valence-corrected chi connectivity index (χ4v) is 3.31. The Morgan fingerprint density at radius 3 is 1.81 bits per heavy atom. The van der Waals surface area contributed by atoms with E-state index in [4.69, 9.17) is 34.0 Å². The van der Waals surface area contributed by atoms with Crippen LogP contribution in [-0.2, 0) is 22.7 Å². The van der Waals surface area contributed by atoms with Gasteiger partial charge in [-0.1, -0.05) is 6.07 Å². The predicted octanol–water partition coefficient (Wildman–Crippen LogP) is 1.58. The number of aliphatic carboxylic acids is 2. The Labute approximate surface area is 186 Å². The highest BCUT2D eigenvalue weighted by Gasteiger charge is 2.19. The van der Waals surface area contributed by atoms with Crippen LogP contribution in [0.4, 0.5) is 0 Å². The summed E-state index contributed by atoms with van der Waals surface area (Å²) in [5, 5.41) is 14.8. The second-order valence-electron chi connectivity index (χ2n) is 7.02. The Hall–Kier alpha value is -3.37. The van der Waals surface area contributed by atoms with E-state index in [1.54, 1.807) is 21.3 Å². The van der Waals surface area contributed by atoms with Gasteiger partial charge in [0.25, 0.3) is 0 Å².